The highest BCUT2D eigenvalue weighted by Crippen LogP contribution is 2.06. The van der Waals surface area contributed by atoms with E-state index in [4.69, 9.17) is 0 Å². The Balaban J connectivity index is 3.88. The highest BCUT2D eigenvalue weighted by atomic mass is 16.3. The van der Waals surface area contributed by atoms with Crippen molar-refractivity contribution in [2.24, 2.45) is 5.92 Å². The van der Waals surface area contributed by atoms with Gasteiger partial charge in [-0.3, -0.25) is 4.79 Å². The van der Waals surface area contributed by atoms with Crippen molar-refractivity contribution in [3.63, 3.8) is 0 Å². The van der Waals surface area contributed by atoms with Crippen LogP contribution < -0.4 is 10.6 Å². The molecule has 3 N–H and O–H groups in total. The molecule has 0 fully saturated rings. The zero-order chi connectivity index (χ0) is 12.8. The van der Waals surface area contributed by atoms with Crippen LogP contribution in [0, 0.1) is 5.92 Å². The van der Waals surface area contributed by atoms with Crippen LogP contribution >= 0.6 is 0 Å². The Morgan fingerprint density at radius 2 is 1.94 bits per heavy atom. The average Bonchev–Trinajstić information content (AvgIpc) is 2.22. The lowest BCUT2D eigenvalue weighted by molar-refractivity contribution is -0.123. The molecule has 0 bridgehead atoms. The largest absolute Gasteiger partial charge is 0.389 e. The van der Waals surface area contributed by atoms with Gasteiger partial charge in [0.2, 0.25) is 5.91 Å². The number of rotatable bonds is 7. The van der Waals surface area contributed by atoms with Gasteiger partial charge in [0.1, 0.15) is 0 Å². The van der Waals surface area contributed by atoms with Gasteiger partial charge in [-0.05, 0) is 26.2 Å². The van der Waals surface area contributed by atoms with Crippen molar-refractivity contribution in [3.05, 3.63) is 0 Å². The van der Waals surface area contributed by atoms with Gasteiger partial charge in [-0.1, -0.05) is 20.8 Å². The molecule has 0 aliphatic heterocycles. The van der Waals surface area contributed by atoms with Crippen molar-refractivity contribution in [2.45, 2.75) is 52.7 Å². The third-order valence-corrected chi connectivity index (χ3v) is 2.63. The normalized spacial score (nSPS) is 16.9. The van der Waals surface area contributed by atoms with Crippen LogP contribution in [0.3, 0.4) is 0 Å². The number of nitrogens with one attached hydrogen (secondary N) is 2. The summed E-state index contributed by atoms with van der Waals surface area (Å²) in [6.45, 7) is 10.7. The molecule has 96 valence electrons. The molecule has 16 heavy (non-hydrogen) atoms. The van der Waals surface area contributed by atoms with Crippen LogP contribution in [0.1, 0.15) is 41.0 Å². The Morgan fingerprint density at radius 1 is 1.38 bits per heavy atom. The Bertz CT molecular complexity index is 215. The fraction of sp³-hybridized carbons (Fsp3) is 0.917. The number of hydrogen-bond acceptors (Lipinski definition) is 3. The van der Waals surface area contributed by atoms with Gasteiger partial charge < -0.3 is 15.7 Å². The molecule has 2 atom stereocenters. The molecule has 0 aromatic carbocycles. The van der Waals surface area contributed by atoms with Crippen molar-refractivity contribution in [1.82, 2.24) is 10.6 Å². The maximum absolute atomic E-state index is 11.6. The number of carbonyl (C=O) groups is 1. The van der Waals surface area contributed by atoms with E-state index in [1.165, 1.54) is 0 Å². The summed E-state index contributed by atoms with van der Waals surface area (Å²) < 4.78 is 0. The lowest BCUT2D eigenvalue weighted by Gasteiger charge is -2.24. The van der Waals surface area contributed by atoms with E-state index in [0.29, 0.717) is 25.4 Å². The zero-order valence-corrected chi connectivity index (χ0v) is 11.1. The molecule has 4 heteroatoms. The lowest BCUT2D eigenvalue weighted by atomic mass is 10.0. The van der Waals surface area contributed by atoms with E-state index in [0.717, 1.165) is 0 Å². The molecular weight excluding hydrogens is 204 g/mol. The first-order chi connectivity index (χ1) is 7.28. The first-order valence-electron chi connectivity index (χ1n) is 6.02. The summed E-state index contributed by atoms with van der Waals surface area (Å²) in [6, 6.07) is -0.267. The summed E-state index contributed by atoms with van der Waals surface area (Å²) in [5.41, 5.74) is -0.743. The molecule has 0 radical (unpaired) electrons. The summed E-state index contributed by atoms with van der Waals surface area (Å²) >= 11 is 0. The molecule has 1 amide bonds. The van der Waals surface area contributed by atoms with E-state index in [9.17, 15) is 9.90 Å². The fourth-order valence-corrected chi connectivity index (χ4v) is 1.05. The summed E-state index contributed by atoms with van der Waals surface area (Å²) in [4.78, 5) is 11.6. The van der Waals surface area contributed by atoms with Crippen LogP contribution in [0.2, 0.25) is 0 Å². The number of carbonyl (C=O) groups excluding carboxylic acids is 1. The van der Waals surface area contributed by atoms with E-state index in [2.05, 4.69) is 24.5 Å². The highest BCUT2D eigenvalue weighted by Gasteiger charge is 2.20. The molecule has 2 unspecified atom stereocenters. The fourth-order valence-electron chi connectivity index (χ4n) is 1.05. The van der Waals surface area contributed by atoms with Crippen molar-refractivity contribution < 1.29 is 9.90 Å². The summed E-state index contributed by atoms with van der Waals surface area (Å²) in [5, 5.41) is 15.7. The lowest BCUT2D eigenvalue weighted by Crippen LogP contribution is -2.48. The van der Waals surface area contributed by atoms with E-state index in [1.54, 1.807) is 13.8 Å². The van der Waals surface area contributed by atoms with Gasteiger partial charge >= 0.3 is 0 Å². The minimum Gasteiger partial charge on any atom is -0.389 e. The molecule has 0 aliphatic carbocycles. The summed E-state index contributed by atoms with van der Waals surface area (Å²) in [6.07, 6.45) is 0.667. The third-order valence-electron chi connectivity index (χ3n) is 2.63. The van der Waals surface area contributed by atoms with Gasteiger partial charge in [0, 0.05) is 13.1 Å². The maximum Gasteiger partial charge on any atom is 0.236 e. The molecule has 0 heterocycles. The minimum absolute atomic E-state index is 0.0133. The zero-order valence-electron chi connectivity index (χ0n) is 11.1. The van der Waals surface area contributed by atoms with Crippen LogP contribution in [0.25, 0.3) is 0 Å². The van der Waals surface area contributed by atoms with Gasteiger partial charge in [0.05, 0.1) is 11.6 Å². The smallest absolute Gasteiger partial charge is 0.236 e. The molecule has 0 aromatic heterocycles. The van der Waals surface area contributed by atoms with Crippen LogP contribution in [0.5, 0.6) is 0 Å². The number of hydrogen-bond donors (Lipinski definition) is 3. The van der Waals surface area contributed by atoms with E-state index in [1.807, 2.05) is 6.92 Å². The SMILES string of the molecule is CCC(C)(O)CNC(C)C(=O)NCC(C)C. The second-order valence-corrected chi connectivity index (χ2v) is 5.09. The van der Waals surface area contributed by atoms with Crippen LogP contribution in [0.4, 0.5) is 0 Å². The van der Waals surface area contributed by atoms with E-state index < -0.39 is 5.60 Å². The molecule has 0 aromatic rings. The monoisotopic (exact) mass is 230 g/mol. The van der Waals surface area contributed by atoms with Crippen molar-refractivity contribution >= 4 is 5.91 Å². The minimum atomic E-state index is -0.743. The first-order valence-corrected chi connectivity index (χ1v) is 6.02. The highest BCUT2D eigenvalue weighted by molar-refractivity contribution is 5.81. The second-order valence-electron chi connectivity index (χ2n) is 5.09. The quantitative estimate of drug-likeness (QED) is 0.609. The van der Waals surface area contributed by atoms with Gasteiger partial charge in [-0.25, -0.2) is 0 Å². The third kappa shape index (κ3) is 6.80. The summed E-state index contributed by atoms with van der Waals surface area (Å²) in [7, 11) is 0. The van der Waals surface area contributed by atoms with Crippen LogP contribution in [-0.4, -0.2) is 35.7 Å². The van der Waals surface area contributed by atoms with Crippen LogP contribution in [0.15, 0.2) is 0 Å². The molecule has 0 aliphatic rings. The Kier molecular flexibility index (Phi) is 6.60. The molecule has 0 saturated carbocycles. The van der Waals surface area contributed by atoms with Gasteiger partial charge in [-0.2, -0.15) is 0 Å². The molecule has 4 nitrogen and oxygen atoms in total. The second kappa shape index (κ2) is 6.86. The predicted octanol–water partition coefficient (Wildman–Crippen LogP) is 0.898. The van der Waals surface area contributed by atoms with Gasteiger partial charge in [-0.15, -0.1) is 0 Å². The molecule has 0 spiro atoms. The van der Waals surface area contributed by atoms with Crippen molar-refractivity contribution in [3.8, 4) is 0 Å². The Morgan fingerprint density at radius 3 is 2.38 bits per heavy atom. The van der Waals surface area contributed by atoms with Crippen molar-refractivity contribution in [1.29, 1.82) is 0 Å². The molecule has 0 saturated heterocycles. The van der Waals surface area contributed by atoms with E-state index in [-0.39, 0.29) is 11.9 Å². The molecular formula is C12H26N2O2. The van der Waals surface area contributed by atoms with Gasteiger partial charge in [0.25, 0.3) is 0 Å². The van der Waals surface area contributed by atoms with Crippen LogP contribution in [-0.2, 0) is 4.79 Å². The summed E-state index contributed by atoms with van der Waals surface area (Å²) in [5.74, 6) is 0.440. The van der Waals surface area contributed by atoms with Crippen molar-refractivity contribution in [2.75, 3.05) is 13.1 Å². The standard InChI is InChI=1S/C12H26N2O2/c1-6-12(5,16)8-14-10(4)11(15)13-7-9(2)3/h9-10,14,16H,6-8H2,1-5H3,(H,13,15). The maximum atomic E-state index is 11.6. The number of aliphatic hydroxyl groups is 1. The predicted molar refractivity (Wildman–Crippen MR) is 66.2 cm³/mol. The average molecular weight is 230 g/mol. The molecule has 0 rings (SSSR count). The van der Waals surface area contributed by atoms with E-state index >= 15 is 0 Å². The number of amides is 1. The van der Waals surface area contributed by atoms with Gasteiger partial charge in [0.15, 0.2) is 0 Å². The topological polar surface area (TPSA) is 61.4 Å². The first kappa shape index (κ1) is 15.4. The Hall–Kier alpha value is -0.610. The Labute approximate surface area is 98.8 Å².